The molecule has 106 valence electrons. The number of hydrogen-bond acceptors (Lipinski definition) is 1. The van der Waals surface area contributed by atoms with E-state index in [9.17, 15) is 9.50 Å². The second-order valence-corrected chi connectivity index (χ2v) is 5.57. The largest absolute Gasteiger partial charge is 0.385 e. The molecule has 0 aliphatic carbocycles. The first-order valence-electron chi connectivity index (χ1n) is 7.02. The fourth-order valence-corrected chi connectivity index (χ4v) is 2.81. The number of benzene rings is 3. The molecule has 0 saturated carbocycles. The number of aliphatic hydroxyl groups is 1. The maximum atomic E-state index is 13.9. The van der Waals surface area contributed by atoms with Gasteiger partial charge in [-0.25, -0.2) is 4.39 Å². The Hall–Kier alpha value is -2.19. The summed E-state index contributed by atoms with van der Waals surface area (Å²) in [6, 6.07) is 20.4. The van der Waals surface area contributed by atoms with E-state index in [2.05, 4.69) is 0 Å². The molecule has 0 saturated heterocycles. The van der Waals surface area contributed by atoms with Crippen molar-refractivity contribution >= 4 is 10.8 Å². The van der Waals surface area contributed by atoms with Gasteiger partial charge in [0.25, 0.3) is 0 Å². The van der Waals surface area contributed by atoms with Crippen LogP contribution in [0.15, 0.2) is 66.7 Å². The minimum absolute atomic E-state index is 0.331. The molecule has 3 rings (SSSR count). The molecular weight excluding hydrogens is 263 g/mol. The number of rotatable bonds is 3. The Labute approximate surface area is 123 Å². The molecule has 0 aliphatic rings. The lowest BCUT2D eigenvalue weighted by Gasteiger charge is -2.25. The summed E-state index contributed by atoms with van der Waals surface area (Å²) in [5.41, 5.74) is 0.106. The van der Waals surface area contributed by atoms with E-state index in [1.54, 1.807) is 25.1 Å². The Morgan fingerprint density at radius 2 is 1.57 bits per heavy atom. The van der Waals surface area contributed by atoms with Gasteiger partial charge in [-0.2, -0.15) is 0 Å². The van der Waals surface area contributed by atoms with E-state index in [0.29, 0.717) is 12.0 Å². The van der Waals surface area contributed by atoms with E-state index in [4.69, 9.17) is 0 Å². The normalized spacial score (nSPS) is 14.0. The van der Waals surface area contributed by atoms with E-state index in [0.717, 1.165) is 16.3 Å². The summed E-state index contributed by atoms with van der Waals surface area (Å²) < 4.78 is 13.9. The van der Waals surface area contributed by atoms with Crippen LogP contribution in [-0.4, -0.2) is 5.11 Å². The van der Waals surface area contributed by atoms with Crippen LogP contribution in [0.1, 0.15) is 18.1 Å². The lowest BCUT2D eigenvalue weighted by atomic mass is 9.87. The molecule has 0 amide bonds. The van der Waals surface area contributed by atoms with Crippen LogP contribution in [0, 0.1) is 5.82 Å². The molecule has 0 heterocycles. The van der Waals surface area contributed by atoms with E-state index in [1.807, 2.05) is 42.5 Å². The number of fused-ring (bicyclic) bond motifs is 1. The SMILES string of the molecule is CC(O)(Cc1cccc2ccccc12)c1ccccc1F. The van der Waals surface area contributed by atoms with Crippen molar-refractivity contribution < 1.29 is 9.50 Å². The molecule has 1 atom stereocenters. The summed E-state index contributed by atoms with van der Waals surface area (Å²) in [6.45, 7) is 1.66. The lowest BCUT2D eigenvalue weighted by Crippen LogP contribution is -2.25. The van der Waals surface area contributed by atoms with Gasteiger partial charge in [-0.1, -0.05) is 60.7 Å². The molecule has 0 spiro atoms. The Balaban J connectivity index is 2.04. The smallest absolute Gasteiger partial charge is 0.129 e. The highest BCUT2D eigenvalue weighted by Gasteiger charge is 2.27. The molecule has 2 heteroatoms. The highest BCUT2D eigenvalue weighted by molar-refractivity contribution is 5.85. The fraction of sp³-hybridized carbons (Fsp3) is 0.158. The van der Waals surface area contributed by atoms with Crippen LogP contribution < -0.4 is 0 Å². The Morgan fingerprint density at radius 1 is 0.905 bits per heavy atom. The summed E-state index contributed by atoms with van der Waals surface area (Å²) in [4.78, 5) is 0. The van der Waals surface area contributed by atoms with Crippen LogP contribution in [0.4, 0.5) is 4.39 Å². The molecule has 0 bridgehead atoms. The Bertz CT molecular complexity index is 772. The Kier molecular flexibility index (Phi) is 3.48. The van der Waals surface area contributed by atoms with Crippen molar-refractivity contribution in [2.45, 2.75) is 18.9 Å². The first-order chi connectivity index (χ1) is 10.1. The molecule has 21 heavy (non-hydrogen) atoms. The summed E-state index contributed by atoms with van der Waals surface area (Å²) in [6.07, 6.45) is 0.370. The van der Waals surface area contributed by atoms with Crippen molar-refractivity contribution in [2.75, 3.05) is 0 Å². The predicted octanol–water partition coefficient (Wildman–Crippen LogP) is 4.43. The number of hydrogen-bond donors (Lipinski definition) is 1. The molecule has 0 aliphatic heterocycles. The average Bonchev–Trinajstić information content (AvgIpc) is 2.47. The second kappa shape index (κ2) is 5.30. The van der Waals surface area contributed by atoms with E-state index in [1.165, 1.54) is 6.07 Å². The molecule has 1 unspecified atom stereocenters. The molecule has 0 radical (unpaired) electrons. The summed E-state index contributed by atoms with van der Waals surface area (Å²) in [5, 5.41) is 13.0. The molecule has 0 fully saturated rings. The van der Waals surface area contributed by atoms with Gasteiger partial charge in [0.05, 0.1) is 5.60 Å². The van der Waals surface area contributed by atoms with Gasteiger partial charge in [-0.3, -0.25) is 0 Å². The first kappa shape index (κ1) is 13.8. The maximum absolute atomic E-state index is 13.9. The van der Waals surface area contributed by atoms with Crippen molar-refractivity contribution in [1.82, 2.24) is 0 Å². The van der Waals surface area contributed by atoms with Crippen LogP contribution in [0.3, 0.4) is 0 Å². The standard InChI is InChI=1S/C19H17FO/c1-19(21,17-11-4-5-12-18(17)20)13-15-9-6-8-14-7-2-3-10-16(14)15/h2-12,21H,13H2,1H3. The monoisotopic (exact) mass is 280 g/mol. The van der Waals surface area contributed by atoms with Gasteiger partial charge in [-0.05, 0) is 29.3 Å². The van der Waals surface area contributed by atoms with Crippen molar-refractivity contribution in [3.8, 4) is 0 Å². The summed E-state index contributed by atoms with van der Waals surface area (Å²) >= 11 is 0. The molecular formula is C19H17FO. The third kappa shape index (κ3) is 2.67. The quantitative estimate of drug-likeness (QED) is 0.752. The zero-order valence-electron chi connectivity index (χ0n) is 11.9. The summed E-state index contributed by atoms with van der Waals surface area (Å²) in [5.74, 6) is -0.372. The Morgan fingerprint density at radius 3 is 2.38 bits per heavy atom. The van der Waals surface area contributed by atoms with Crippen LogP contribution in [0.25, 0.3) is 10.8 Å². The van der Waals surface area contributed by atoms with E-state index >= 15 is 0 Å². The maximum Gasteiger partial charge on any atom is 0.129 e. The van der Waals surface area contributed by atoms with Crippen molar-refractivity contribution in [3.05, 3.63) is 83.7 Å². The topological polar surface area (TPSA) is 20.2 Å². The molecule has 1 nitrogen and oxygen atoms in total. The van der Waals surface area contributed by atoms with Gasteiger partial charge < -0.3 is 5.11 Å². The van der Waals surface area contributed by atoms with Crippen LogP contribution in [0.2, 0.25) is 0 Å². The predicted molar refractivity (Wildman–Crippen MR) is 83.6 cm³/mol. The highest BCUT2D eigenvalue weighted by atomic mass is 19.1. The van der Waals surface area contributed by atoms with Gasteiger partial charge >= 0.3 is 0 Å². The molecule has 1 N–H and O–H groups in total. The van der Waals surface area contributed by atoms with Crippen LogP contribution in [-0.2, 0) is 12.0 Å². The van der Waals surface area contributed by atoms with Gasteiger partial charge in [0.2, 0.25) is 0 Å². The van der Waals surface area contributed by atoms with Crippen molar-refractivity contribution in [2.24, 2.45) is 0 Å². The van der Waals surface area contributed by atoms with Gasteiger partial charge in [-0.15, -0.1) is 0 Å². The molecule has 3 aromatic carbocycles. The molecule has 0 aromatic heterocycles. The minimum Gasteiger partial charge on any atom is -0.385 e. The minimum atomic E-state index is -1.24. The van der Waals surface area contributed by atoms with Gasteiger partial charge in [0.15, 0.2) is 0 Å². The summed E-state index contributed by atoms with van der Waals surface area (Å²) in [7, 11) is 0. The van der Waals surface area contributed by atoms with E-state index < -0.39 is 5.60 Å². The third-order valence-corrected chi connectivity index (χ3v) is 3.87. The van der Waals surface area contributed by atoms with Crippen molar-refractivity contribution in [1.29, 1.82) is 0 Å². The molecule has 3 aromatic rings. The lowest BCUT2D eigenvalue weighted by molar-refractivity contribution is 0.0541. The average molecular weight is 280 g/mol. The van der Waals surface area contributed by atoms with E-state index in [-0.39, 0.29) is 5.82 Å². The first-order valence-corrected chi connectivity index (χ1v) is 7.02. The van der Waals surface area contributed by atoms with Gasteiger partial charge in [0, 0.05) is 12.0 Å². The van der Waals surface area contributed by atoms with Gasteiger partial charge in [0.1, 0.15) is 5.82 Å². The highest BCUT2D eigenvalue weighted by Crippen LogP contribution is 2.30. The van der Waals surface area contributed by atoms with Crippen LogP contribution >= 0.6 is 0 Å². The number of halogens is 1. The van der Waals surface area contributed by atoms with Crippen molar-refractivity contribution in [3.63, 3.8) is 0 Å². The second-order valence-electron chi connectivity index (χ2n) is 5.57. The zero-order chi connectivity index (χ0) is 14.9. The van der Waals surface area contributed by atoms with Crippen LogP contribution in [0.5, 0.6) is 0 Å². The zero-order valence-corrected chi connectivity index (χ0v) is 11.9. The fourth-order valence-electron chi connectivity index (χ4n) is 2.81. The third-order valence-electron chi connectivity index (χ3n) is 3.87.